The average molecular weight is 249 g/mol. The van der Waals surface area contributed by atoms with Crippen LogP contribution in [0.2, 0.25) is 0 Å². The summed E-state index contributed by atoms with van der Waals surface area (Å²) < 4.78 is 0. The average Bonchev–Trinajstić information content (AvgIpc) is 2.27. The normalized spacial score (nSPS) is 13.2. The fraction of sp³-hybridized carbons (Fsp3) is 0.500. The number of nitrogens with one attached hydrogen (secondary N) is 2. The molecule has 1 aromatic rings. The van der Waals surface area contributed by atoms with Gasteiger partial charge in [0.2, 0.25) is 0 Å². The molecule has 0 radical (unpaired) electrons. The van der Waals surface area contributed by atoms with Gasteiger partial charge in [0, 0.05) is 7.05 Å². The summed E-state index contributed by atoms with van der Waals surface area (Å²) in [6, 6.07) is 5.47. The summed E-state index contributed by atoms with van der Waals surface area (Å²) in [4.78, 5) is 11.8. The van der Waals surface area contributed by atoms with Crippen molar-refractivity contribution in [1.29, 1.82) is 0 Å². The predicted molar refractivity (Wildman–Crippen MR) is 74.0 cm³/mol. The number of aryl methyl sites for hydroxylation is 1. The van der Waals surface area contributed by atoms with Crippen molar-refractivity contribution in [2.75, 3.05) is 7.05 Å². The van der Waals surface area contributed by atoms with E-state index in [-0.39, 0.29) is 11.3 Å². The van der Waals surface area contributed by atoms with Crippen molar-refractivity contribution in [2.24, 2.45) is 5.73 Å². The number of carbonyl (C=O) groups is 1. The number of carbonyl (C=O) groups excluding carboxylic acids is 1. The van der Waals surface area contributed by atoms with E-state index in [1.807, 2.05) is 19.1 Å². The van der Waals surface area contributed by atoms with E-state index in [0.29, 0.717) is 0 Å². The summed E-state index contributed by atoms with van der Waals surface area (Å²) in [5, 5.41) is 0. The van der Waals surface area contributed by atoms with Crippen LogP contribution in [-0.4, -0.2) is 13.0 Å². The Morgan fingerprint density at radius 1 is 1.33 bits per heavy atom. The minimum absolute atomic E-state index is 0.0433. The molecular weight excluding hydrogens is 226 g/mol. The van der Waals surface area contributed by atoms with Crippen LogP contribution in [0.3, 0.4) is 0 Å². The van der Waals surface area contributed by atoms with Gasteiger partial charge in [-0.05, 0) is 29.0 Å². The largest absolute Gasteiger partial charge is 0.316 e. The minimum Gasteiger partial charge on any atom is -0.316 e. The van der Waals surface area contributed by atoms with Crippen molar-refractivity contribution in [3.63, 3.8) is 0 Å². The maximum Gasteiger partial charge on any atom is 0.255 e. The van der Waals surface area contributed by atoms with Gasteiger partial charge in [-0.1, -0.05) is 39.0 Å². The van der Waals surface area contributed by atoms with Crippen LogP contribution in [0.1, 0.15) is 43.5 Å². The highest BCUT2D eigenvalue weighted by Gasteiger charge is 2.20. The van der Waals surface area contributed by atoms with Crippen LogP contribution in [0.15, 0.2) is 18.2 Å². The van der Waals surface area contributed by atoms with E-state index in [4.69, 9.17) is 5.73 Å². The molecule has 0 aliphatic carbocycles. The minimum atomic E-state index is -0.653. The first-order valence-electron chi connectivity index (χ1n) is 6.10. The van der Waals surface area contributed by atoms with Crippen molar-refractivity contribution in [2.45, 2.75) is 39.2 Å². The highest BCUT2D eigenvalue weighted by atomic mass is 16.2. The zero-order chi connectivity index (χ0) is 13.9. The number of rotatable bonds is 3. The number of hydrogen-bond acceptors (Lipinski definition) is 3. The summed E-state index contributed by atoms with van der Waals surface area (Å²) in [5.41, 5.74) is 14.2. The molecule has 4 N–H and O–H groups in total. The van der Waals surface area contributed by atoms with Crippen molar-refractivity contribution < 1.29 is 4.79 Å². The lowest BCUT2D eigenvalue weighted by atomic mass is 9.84. The summed E-state index contributed by atoms with van der Waals surface area (Å²) in [6.07, 6.45) is 0. The molecule has 100 valence electrons. The lowest BCUT2D eigenvalue weighted by Crippen LogP contribution is -2.41. The van der Waals surface area contributed by atoms with E-state index >= 15 is 0 Å². The van der Waals surface area contributed by atoms with Crippen molar-refractivity contribution in [1.82, 2.24) is 10.9 Å². The fourth-order valence-corrected chi connectivity index (χ4v) is 1.78. The molecule has 1 unspecified atom stereocenters. The van der Waals surface area contributed by atoms with Crippen molar-refractivity contribution in [3.8, 4) is 0 Å². The van der Waals surface area contributed by atoms with Gasteiger partial charge in [0.15, 0.2) is 0 Å². The number of benzene rings is 1. The smallest absolute Gasteiger partial charge is 0.255 e. The van der Waals surface area contributed by atoms with Gasteiger partial charge in [0.25, 0.3) is 5.91 Å². The van der Waals surface area contributed by atoms with E-state index in [1.54, 1.807) is 7.05 Å². The molecule has 18 heavy (non-hydrogen) atoms. The zero-order valence-electron chi connectivity index (χ0n) is 11.8. The molecule has 0 aliphatic rings. The third-order valence-electron chi connectivity index (χ3n) is 3.01. The SMILES string of the molecule is CNNC(=O)C(N)c1cc(C(C)(C)C)ccc1C. The molecule has 4 nitrogen and oxygen atoms in total. The summed E-state index contributed by atoms with van der Waals surface area (Å²) in [5.74, 6) is -0.230. The van der Waals surface area contributed by atoms with Gasteiger partial charge < -0.3 is 5.73 Å². The Kier molecular flexibility index (Phi) is 4.48. The highest BCUT2D eigenvalue weighted by molar-refractivity contribution is 5.82. The van der Waals surface area contributed by atoms with Gasteiger partial charge in [-0.2, -0.15) is 0 Å². The molecule has 4 heteroatoms. The molecule has 0 aromatic heterocycles. The number of nitrogens with two attached hydrogens (primary N) is 1. The molecule has 0 spiro atoms. The molecule has 0 bridgehead atoms. The number of hydrazine groups is 1. The highest BCUT2D eigenvalue weighted by Crippen LogP contribution is 2.26. The maximum atomic E-state index is 11.8. The van der Waals surface area contributed by atoms with Gasteiger partial charge in [-0.15, -0.1) is 0 Å². The molecule has 0 fully saturated rings. The van der Waals surface area contributed by atoms with Gasteiger partial charge in [0.1, 0.15) is 6.04 Å². The summed E-state index contributed by atoms with van der Waals surface area (Å²) >= 11 is 0. The second-order valence-electron chi connectivity index (χ2n) is 5.54. The first-order chi connectivity index (χ1) is 8.27. The van der Waals surface area contributed by atoms with Crippen LogP contribution in [0.5, 0.6) is 0 Å². The lowest BCUT2D eigenvalue weighted by Gasteiger charge is -2.22. The molecule has 0 saturated heterocycles. The predicted octanol–water partition coefficient (Wildman–Crippen LogP) is 1.54. The Bertz CT molecular complexity index is 435. The van der Waals surface area contributed by atoms with Gasteiger partial charge in [-0.3, -0.25) is 10.2 Å². The van der Waals surface area contributed by atoms with Crippen LogP contribution in [-0.2, 0) is 10.2 Å². The topological polar surface area (TPSA) is 67.1 Å². The summed E-state index contributed by atoms with van der Waals surface area (Å²) in [6.45, 7) is 8.39. The van der Waals surface area contributed by atoms with Crippen molar-refractivity contribution >= 4 is 5.91 Å². The molecular formula is C14H23N3O. The van der Waals surface area contributed by atoms with Crippen LogP contribution < -0.4 is 16.6 Å². The molecule has 0 aliphatic heterocycles. The van der Waals surface area contributed by atoms with Crippen molar-refractivity contribution in [3.05, 3.63) is 34.9 Å². The quantitative estimate of drug-likeness (QED) is 0.712. The van der Waals surface area contributed by atoms with E-state index < -0.39 is 6.04 Å². The molecule has 1 aromatic carbocycles. The Morgan fingerprint density at radius 2 is 1.94 bits per heavy atom. The Balaban J connectivity index is 3.12. The van der Waals surface area contributed by atoms with Crippen LogP contribution in [0, 0.1) is 6.92 Å². The van der Waals surface area contributed by atoms with Crippen LogP contribution in [0.4, 0.5) is 0 Å². The first kappa shape index (κ1) is 14.7. The Morgan fingerprint density at radius 3 is 2.44 bits per heavy atom. The fourth-order valence-electron chi connectivity index (χ4n) is 1.78. The second kappa shape index (κ2) is 5.50. The van der Waals surface area contributed by atoms with Crippen LogP contribution >= 0.6 is 0 Å². The third-order valence-corrected chi connectivity index (χ3v) is 3.01. The van der Waals surface area contributed by atoms with E-state index in [2.05, 4.69) is 37.7 Å². The van der Waals surface area contributed by atoms with E-state index in [0.717, 1.165) is 11.1 Å². The van der Waals surface area contributed by atoms with Gasteiger partial charge >= 0.3 is 0 Å². The number of amides is 1. The summed E-state index contributed by atoms with van der Waals surface area (Å²) in [7, 11) is 1.64. The number of hydrogen-bond donors (Lipinski definition) is 3. The van der Waals surface area contributed by atoms with E-state index in [9.17, 15) is 4.79 Å². The lowest BCUT2D eigenvalue weighted by molar-refractivity contribution is -0.123. The van der Waals surface area contributed by atoms with Crippen LogP contribution in [0.25, 0.3) is 0 Å². The monoisotopic (exact) mass is 249 g/mol. The molecule has 1 amide bonds. The molecule has 1 atom stereocenters. The molecule has 0 heterocycles. The van der Waals surface area contributed by atoms with E-state index in [1.165, 1.54) is 5.56 Å². The molecule has 0 saturated carbocycles. The van der Waals surface area contributed by atoms with Gasteiger partial charge in [0.05, 0.1) is 0 Å². The zero-order valence-corrected chi connectivity index (χ0v) is 11.8. The Labute approximate surface area is 109 Å². The molecule has 1 rings (SSSR count). The standard InChI is InChI=1S/C14H23N3O/c1-9-6-7-10(14(2,3)4)8-11(9)12(15)13(18)17-16-5/h6-8,12,16H,15H2,1-5H3,(H,17,18). The first-order valence-corrected chi connectivity index (χ1v) is 6.10. The Hall–Kier alpha value is -1.39. The maximum absolute atomic E-state index is 11.8. The van der Waals surface area contributed by atoms with Gasteiger partial charge in [-0.25, -0.2) is 5.43 Å². The second-order valence-corrected chi connectivity index (χ2v) is 5.54. The third kappa shape index (κ3) is 3.31.